The van der Waals surface area contributed by atoms with Gasteiger partial charge < -0.3 is 11.1 Å². The van der Waals surface area contributed by atoms with Crippen LogP contribution in [0.25, 0.3) is 0 Å². The van der Waals surface area contributed by atoms with E-state index in [0.717, 1.165) is 24.1 Å². The van der Waals surface area contributed by atoms with Crippen molar-refractivity contribution in [2.24, 2.45) is 5.73 Å². The van der Waals surface area contributed by atoms with Crippen molar-refractivity contribution in [3.05, 3.63) is 29.8 Å². The highest BCUT2D eigenvalue weighted by molar-refractivity contribution is 5.92. The first-order valence-electron chi connectivity index (χ1n) is 7.11. The minimum absolute atomic E-state index is 0.00917. The van der Waals surface area contributed by atoms with Crippen LogP contribution in [0.5, 0.6) is 0 Å². The zero-order chi connectivity index (χ0) is 13.7. The van der Waals surface area contributed by atoms with Crippen molar-refractivity contribution >= 4 is 11.7 Å². The minimum atomic E-state index is 0.00917. The van der Waals surface area contributed by atoms with Crippen LogP contribution < -0.4 is 16.0 Å². The van der Waals surface area contributed by atoms with Gasteiger partial charge in [-0.3, -0.25) is 4.90 Å². The number of hydrogen-bond donors (Lipinski definition) is 2. The fourth-order valence-corrected chi connectivity index (χ4v) is 2.58. The summed E-state index contributed by atoms with van der Waals surface area (Å²) in [6.45, 7) is 3.19. The van der Waals surface area contributed by atoms with Gasteiger partial charge in [0.15, 0.2) is 0 Å². The lowest BCUT2D eigenvalue weighted by Gasteiger charge is -2.24. The molecule has 1 aromatic carbocycles. The summed E-state index contributed by atoms with van der Waals surface area (Å²) in [5.41, 5.74) is 7.59. The third-order valence-electron chi connectivity index (χ3n) is 3.73. The van der Waals surface area contributed by atoms with Gasteiger partial charge in [0.05, 0.1) is 0 Å². The fourth-order valence-electron chi connectivity index (χ4n) is 2.58. The molecule has 0 aromatic heterocycles. The van der Waals surface area contributed by atoms with Crippen molar-refractivity contribution in [1.29, 1.82) is 0 Å². The lowest BCUT2D eigenvalue weighted by Crippen LogP contribution is -2.44. The summed E-state index contributed by atoms with van der Waals surface area (Å²) in [4.78, 5) is 14.1. The standard InChI is InChI=1S/C15H23N3O/c1-2-18(14-9-7-12(11-16)8-10-14)15(19)17-13-5-3-4-6-13/h7-10,13H,2-6,11,16H2,1H3,(H,17,19). The molecule has 0 radical (unpaired) electrons. The molecule has 1 saturated carbocycles. The molecule has 19 heavy (non-hydrogen) atoms. The average molecular weight is 261 g/mol. The molecule has 2 amide bonds. The van der Waals surface area contributed by atoms with E-state index in [1.807, 2.05) is 31.2 Å². The van der Waals surface area contributed by atoms with E-state index in [-0.39, 0.29) is 6.03 Å². The summed E-state index contributed by atoms with van der Waals surface area (Å²) in [6, 6.07) is 8.22. The Balaban J connectivity index is 2.02. The zero-order valence-corrected chi connectivity index (χ0v) is 11.6. The summed E-state index contributed by atoms with van der Waals surface area (Å²) in [7, 11) is 0. The second kappa shape index (κ2) is 6.57. The van der Waals surface area contributed by atoms with Gasteiger partial charge in [0.1, 0.15) is 0 Å². The molecule has 0 heterocycles. The zero-order valence-electron chi connectivity index (χ0n) is 11.6. The van der Waals surface area contributed by atoms with E-state index in [1.54, 1.807) is 4.90 Å². The third kappa shape index (κ3) is 3.47. The van der Waals surface area contributed by atoms with E-state index >= 15 is 0 Å². The molecule has 0 unspecified atom stereocenters. The lowest BCUT2D eigenvalue weighted by molar-refractivity contribution is 0.243. The maximum absolute atomic E-state index is 12.3. The molecule has 0 bridgehead atoms. The summed E-state index contributed by atoms with van der Waals surface area (Å²) < 4.78 is 0. The Morgan fingerprint density at radius 3 is 2.47 bits per heavy atom. The first-order chi connectivity index (χ1) is 9.24. The predicted molar refractivity (Wildman–Crippen MR) is 78.1 cm³/mol. The van der Waals surface area contributed by atoms with E-state index in [0.29, 0.717) is 19.1 Å². The molecular weight excluding hydrogens is 238 g/mol. The van der Waals surface area contributed by atoms with Gasteiger partial charge in [-0.15, -0.1) is 0 Å². The first-order valence-corrected chi connectivity index (χ1v) is 7.11. The summed E-state index contributed by atoms with van der Waals surface area (Å²) in [5, 5.41) is 3.12. The molecule has 0 spiro atoms. The van der Waals surface area contributed by atoms with Gasteiger partial charge in [0, 0.05) is 24.8 Å². The van der Waals surface area contributed by atoms with E-state index in [4.69, 9.17) is 5.73 Å². The maximum Gasteiger partial charge on any atom is 0.322 e. The number of nitrogens with one attached hydrogen (secondary N) is 1. The number of nitrogens with zero attached hydrogens (tertiary/aromatic N) is 1. The van der Waals surface area contributed by atoms with Crippen molar-refractivity contribution in [1.82, 2.24) is 5.32 Å². The molecule has 4 heteroatoms. The largest absolute Gasteiger partial charge is 0.335 e. The number of carbonyl (C=O) groups is 1. The van der Waals surface area contributed by atoms with Gasteiger partial charge in [-0.05, 0) is 37.5 Å². The van der Waals surface area contributed by atoms with Gasteiger partial charge in [-0.1, -0.05) is 25.0 Å². The predicted octanol–water partition coefficient (Wildman–Crippen LogP) is 2.62. The van der Waals surface area contributed by atoms with Crippen LogP contribution in [0.3, 0.4) is 0 Å². The van der Waals surface area contributed by atoms with E-state index in [9.17, 15) is 4.79 Å². The number of urea groups is 1. The van der Waals surface area contributed by atoms with Crippen molar-refractivity contribution < 1.29 is 4.79 Å². The molecule has 1 aliphatic carbocycles. The smallest absolute Gasteiger partial charge is 0.322 e. The number of carbonyl (C=O) groups excluding carboxylic acids is 1. The van der Waals surface area contributed by atoms with E-state index in [2.05, 4.69) is 5.32 Å². The Kier molecular flexibility index (Phi) is 4.80. The molecule has 2 rings (SSSR count). The van der Waals surface area contributed by atoms with Gasteiger partial charge in [0.25, 0.3) is 0 Å². The summed E-state index contributed by atoms with van der Waals surface area (Å²) >= 11 is 0. The molecular formula is C15H23N3O. The van der Waals surface area contributed by atoms with Gasteiger partial charge in [-0.2, -0.15) is 0 Å². The first kappa shape index (κ1) is 13.9. The van der Waals surface area contributed by atoms with Crippen molar-refractivity contribution in [2.45, 2.75) is 45.2 Å². The molecule has 104 valence electrons. The number of amides is 2. The second-order valence-electron chi connectivity index (χ2n) is 5.05. The van der Waals surface area contributed by atoms with Gasteiger partial charge >= 0.3 is 6.03 Å². The lowest BCUT2D eigenvalue weighted by atomic mass is 10.2. The highest BCUT2D eigenvalue weighted by Gasteiger charge is 2.20. The molecule has 0 saturated heterocycles. The van der Waals surface area contributed by atoms with Crippen molar-refractivity contribution in [3.8, 4) is 0 Å². The molecule has 0 atom stereocenters. The Bertz CT molecular complexity index is 410. The number of rotatable bonds is 4. The Morgan fingerprint density at radius 1 is 1.32 bits per heavy atom. The Morgan fingerprint density at radius 2 is 1.95 bits per heavy atom. The molecule has 3 N–H and O–H groups in total. The van der Waals surface area contributed by atoms with E-state index in [1.165, 1.54) is 12.8 Å². The van der Waals surface area contributed by atoms with Gasteiger partial charge in [0.2, 0.25) is 0 Å². The Labute approximate surface area is 115 Å². The summed E-state index contributed by atoms with van der Waals surface area (Å²) in [5.74, 6) is 0. The maximum atomic E-state index is 12.3. The molecule has 1 aromatic rings. The second-order valence-corrected chi connectivity index (χ2v) is 5.05. The average Bonchev–Trinajstić information content (AvgIpc) is 2.93. The number of anilines is 1. The van der Waals surface area contributed by atoms with Crippen LogP contribution in [0.15, 0.2) is 24.3 Å². The monoisotopic (exact) mass is 261 g/mol. The van der Waals surface area contributed by atoms with E-state index < -0.39 is 0 Å². The molecule has 1 aliphatic rings. The molecule has 1 fully saturated rings. The van der Waals surface area contributed by atoms with Crippen LogP contribution in [0, 0.1) is 0 Å². The molecule has 0 aliphatic heterocycles. The normalized spacial score (nSPS) is 15.5. The number of hydrogen-bond acceptors (Lipinski definition) is 2. The van der Waals surface area contributed by atoms with Crippen molar-refractivity contribution in [2.75, 3.05) is 11.4 Å². The van der Waals surface area contributed by atoms with Crippen LogP contribution in [0.1, 0.15) is 38.2 Å². The fraction of sp³-hybridized carbons (Fsp3) is 0.533. The molecule has 4 nitrogen and oxygen atoms in total. The van der Waals surface area contributed by atoms with Crippen LogP contribution in [-0.2, 0) is 6.54 Å². The highest BCUT2D eigenvalue weighted by atomic mass is 16.2. The van der Waals surface area contributed by atoms with Crippen LogP contribution in [0.2, 0.25) is 0 Å². The highest BCUT2D eigenvalue weighted by Crippen LogP contribution is 2.19. The van der Waals surface area contributed by atoms with Crippen LogP contribution >= 0.6 is 0 Å². The topological polar surface area (TPSA) is 58.4 Å². The summed E-state index contributed by atoms with van der Waals surface area (Å²) in [6.07, 6.45) is 4.66. The third-order valence-corrected chi connectivity index (χ3v) is 3.73. The number of benzene rings is 1. The number of nitrogens with two attached hydrogens (primary N) is 1. The van der Waals surface area contributed by atoms with Gasteiger partial charge in [-0.25, -0.2) is 4.79 Å². The van der Waals surface area contributed by atoms with Crippen molar-refractivity contribution in [3.63, 3.8) is 0 Å². The van der Waals surface area contributed by atoms with Crippen LogP contribution in [-0.4, -0.2) is 18.6 Å². The Hall–Kier alpha value is -1.55. The quantitative estimate of drug-likeness (QED) is 0.875. The minimum Gasteiger partial charge on any atom is -0.335 e. The van der Waals surface area contributed by atoms with Crippen LogP contribution in [0.4, 0.5) is 10.5 Å². The SMILES string of the molecule is CCN(C(=O)NC1CCCC1)c1ccc(CN)cc1.